The van der Waals surface area contributed by atoms with Crippen LogP contribution in [-0.4, -0.2) is 18.0 Å². The Labute approximate surface area is 119 Å². The van der Waals surface area contributed by atoms with Crippen molar-refractivity contribution in [3.63, 3.8) is 0 Å². The molecule has 1 N–H and O–H groups in total. The fourth-order valence-corrected chi connectivity index (χ4v) is 2.15. The Balaban J connectivity index is 2.41. The molecule has 1 heterocycles. The summed E-state index contributed by atoms with van der Waals surface area (Å²) in [6, 6.07) is 6.94. The van der Waals surface area contributed by atoms with E-state index in [9.17, 15) is 8.42 Å². The summed E-state index contributed by atoms with van der Waals surface area (Å²) >= 11 is 11.6. The quantitative estimate of drug-likeness (QED) is 0.877. The van der Waals surface area contributed by atoms with E-state index in [0.29, 0.717) is 5.02 Å². The predicted octanol–water partition coefficient (Wildman–Crippen LogP) is 3.43. The molecule has 0 saturated carbocycles. The Morgan fingerprint density at radius 3 is 2.53 bits per heavy atom. The van der Waals surface area contributed by atoms with Crippen LogP contribution in [0.15, 0.2) is 41.4 Å². The van der Waals surface area contributed by atoms with Crippen molar-refractivity contribution in [3.05, 3.63) is 46.6 Å². The minimum Gasteiger partial charge on any atom is -0.438 e. The topological polar surface area (TPSA) is 76.5 Å². The van der Waals surface area contributed by atoms with Gasteiger partial charge in [-0.05, 0) is 24.3 Å². The summed E-state index contributed by atoms with van der Waals surface area (Å²) in [4.78, 5) is 3.33. The van der Waals surface area contributed by atoms with Crippen LogP contribution in [-0.2, 0) is 10.1 Å². The van der Waals surface area contributed by atoms with Crippen molar-refractivity contribution >= 4 is 33.3 Å². The van der Waals surface area contributed by atoms with Crippen molar-refractivity contribution in [2.24, 2.45) is 0 Å². The normalized spacial score (nSPS) is 11.3. The summed E-state index contributed by atoms with van der Waals surface area (Å²) in [5.41, 5.74) is 0. The second-order valence-electron chi connectivity index (χ2n) is 3.46. The van der Waals surface area contributed by atoms with Gasteiger partial charge in [0, 0.05) is 12.3 Å². The minimum atomic E-state index is -4.42. The number of rotatable bonds is 3. The van der Waals surface area contributed by atoms with Crippen molar-refractivity contribution in [3.8, 4) is 11.6 Å². The van der Waals surface area contributed by atoms with Gasteiger partial charge in [-0.15, -0.1) is 0 Å². The molecule has 100 valence electrons. The van der Waals surface area contributed by atoms with E-state index < -0.39 is 15.0 Å². The summed E-state index contributed by atoms with van der Waals surface area (Å²) in [5.74, 6) is 0.00129. The second kappa shape index (κ2) is 5.34. The van der Waals surface area contributed by atoms with Gasteiger partial charge in [0.2, 0.25) is 5.88 Å². The van der Waals surface area contributed by atoms with Crippen LogP contribution in [0.25, 0.3) is 0 Å². The van der Waals surface area contributed by atoms with Gasteiger partial charge in [0.1, 0.15) is 5.75 Å². The number of aromatic nitrogens is 1. The van der Waals surface area contributed by atoms with Crippen LogP contribution in [0, 0.1) is 0 Å². The zero-order valence-electron chi connectivity index (χ0n) is 9.25. The van der Waals surface area contributed by atoms with E-state index in [1.807, 2.05) is 0 Å². The molecular formula is C11H7Cl2NO4S. The number of ether oxygens (including phenoxy) is 1. The van der Waals surface area contributed by atoms with Crippen molar-refractivity contribution in [2.75, 3.05) is 0 Å². The summed E-state index contributed by atoms with van der Waals surface area (Å²) in [6.45, 7) is 0. The standard InChI is InChI=1S/C11H7Cl2NO4S/c12-8-4-3-7(6-9(8)13)18-11-10(19(15,16)17)2-1-5-14-11/h1-6H,(H,15,16,17). The summed E-state index contributed by atoms with van der Waals surface area (Å²) in [6.07, 6.45) is 1.33. The zero-order chi connectivity index (χ0) is 14.0. The monoisotopic (exact) mass is 319 g/mol. The smallest absolute Gasteiger partial charge is 0.299 e. The summed E-state index contributed by atoms with van der Waals surface area (Å²) < 4.78 is 36.6. The molecule has 0 fully saturated rings. The molecule has 1 aromatic heterocycles. The molecule has 2 aromatic rings. The van der Waals surface area contributed by atoms with Crippen LogP contribution < -0.4 is 4.74 Å². The van der Waals surface area contributed by atoms with Gasteiger partial charge < -0.3 is 4.74 Å². The first-order chi connectivity index (χ1) is 8.88. The van der Waals surface area contributed by atoms with Gasteiger partial charge in [-0.2, -0.15) is 8.42 Å². The molecule has 0 atom stereocenters. The second-order valence-corrected chi connectivity index (χ2v) is 5.66. The van der Waals surface area contributed by atoms with E-state index in [1.54, 1.807) is 0 Å². The van der Waals surface area contributed by atoms with E-state index in [0.717, 1.165) is 0 Å². The van der Waals surface area contributed by atoms with Gasteiger partial charge in [-0.1, -0.05) is 23.2 Å². The average molecular weight is 320 g/mol. The molecule has 0 amide bonds. The lowest BCUT2D eigenvalue weighted by Gasteiger charge is -2.08. The lowest BCUT2D eigenvalue weighted by Crippen LogP contribution is -2.02. The van der Waals surface area contributed by atoms with Crippen LogP contribution in [0.5, 0.6) is 11.6 Å². The van der Waals surface area contributed by atoms with Crippen molar-refractivity contribution in [2.45, 2.75) is 4.90 Å². The van der Waals surface area contributed by atoms with Crippen LogP contribution in [0.2, 0.25) is 10.0 Å². The Morgan fingerprint density at radius 1 is 1.16 bits per heavy atom. The third kappa shape index (κ3) is 3.36. The maximum Gasteiger partial charge on any atom is 0.299 e. The summed E-state index contributed by atoms with van der Waals surface area (Å²) in [7, 11) is -4.42. The van der Waals surface area contributed by atoms with E-state index in [1.165, 1.54) is 36.5 Å². The molecule has 5 nitrogen and oxygen atoms in total. The number of halogens is 2. The Morgan fingerprint density at radius 2 is 1.89 bits per heavy atom. The first-order valence-corrected chi connectivity index (χ1v) is 7.13. The van der Waals surface area contributed by atoms with Crippen LogP contribution in [0.4, 0.5) is 0 Å². The van der Waals surface area contributed by atoms with Gasteiger partial charge >= 0.3 is 0 Å². The largest absolute Gasteiger partial charge is 0.438 e. The molecule has 2 rings (SSSR count). The molecular weight excluding hydrogens is 313 g/mol. The maximum atomic E-state index is 11.2. The zero-order valence-corrected chi connectivity index (χ0v) is 11.6. The fraction of sp³-hybridized carbons (Fsp3) is 0. The highest BCUT2D eigenvalue weighted by atomic mass is 35.5. The number of hydrogen-bond acceptors (Lipinski definition) is 4. The van der Waals surface area contributed by atoms with Crippen molar-refractivity contribution < 1.29 is 17.7 Å². The molecule has 19 heavy (non-hydrogen) atoms. The third-order valence-corrected chi connectivity index (χ3v) is 3.73. The molecule has 0 unspecified atom stereocenters. The van der Waals surface area contributed by atoms with Gasteiger partial charge in [0.15, 0.2) is 4.90 Å². The van der Waals surface area contributed by atoms with E-state index >= 15 is 0 Å². The maximum absolute atomic E-state index is 11.2. The van der Waals surface area contributed by atoms with Crippen LogP contribution in [0.1, 0.15) is 0 Å². The average Bonchev–Trinajstić information content (AvgIpc) is 2.33. The molecule has 0 bridgehead atoms. The molecule has 0 aliphatic carbocycles. The van der Waals surface area contributed by atoms with Gasteiger partial charge in [-0.3, -0.25) is 4.55 Å². The number of benzene rings is 1. The number of pyridine rings is 1. The summed E-state index contributed by atoms with van der Waals surface area (Å²) in [5, 5.41) is 0.591. The SMILES string of the molecule is O=S(=O)(O)c1cccnc1Oc1ccc(Cl)c(Cl)c1. The minimum absolute atomic E-state index is 0.247. The molecule has 0 radical (unpaired) electrons. The first kappa shape index (κ1) is 14.1. The lowest BCUT2D eigenvalue weighted by molar-refractivity contribution is 0.435. The molecule has 0 aliphatic rings. The van der Waals surface area contributed by atoms with Gasteiger partial charge in [-0.25, -0.2) is 4.98 Å². The first-order valence-electron chi connectivity index (χ1n) is 4.93. The highest BCUT2D eigenvalue weighted by Crippen LogP contribution is 2.31. The third-order valence-electron chi connectivity index (χ3n) is 2.12. The van der Waals surface area contributed by atoms with E-state index in [4.69, 9.17) is 32.5 Å². The number of hydrogen-bond donors (Lipinski definition) is 1. The Hall–Kier alpha value is -1.34. The van der Waals surface area contributed by atoms with Crippen LogP contribution >= 0.6 is 23.2 Å². The molecule has 1 aromatic carbocycles. The molecule has 8 heteroatoms. The molecule has 0 aliphatic heterocycles. The van der Waals surface area contributed by atoms with Crippen molar-refractivity contribution in [1.29, 1.82) is 0 Å². The van der Waals surface area contributed by atoms with Crippen molar-refractivity contribution in [1.82, 2.24) is 4.98 Å². The highest BCUT2D eigenvalue weighted by Gasteiger charge is 2.18. The molecule has 0 saturated heterocycles. The predicted molar refractivity (Wildman–Crippen MR) is 70.6 cm³/mol. The van der Waals surface area contributed by atoms with E-state index in [2.05, 4.69) is 4.98 Å². The fourth-order valence-electron chi connectivity index (χ4n) is 1.30. The van der Waals surface area contributed by atoms with Crippen LogP contribution in [0.3, 0.4) is 0 Å². The van der Waals surface area contributed by atoms with Gasteiger partial charge in [0.25, 0.3) is 10.1 Å². The van der Waals surface area contributed by atoms with E-state index in [-0.39, 0.29) is 16.7 Å². The lowest BCUT2D eigenvalue weighted by atomic mass is 10.3. The Bertz CT molecular complexity index is 718. The molecule has 0 spiro atoms. The number of nitrogens with zero attached hydrogens (tertiary/aromatic N) is 1. The Kier molecular flexibility index (Phi) is 3.96. The highest BCUT2D eigenvalue weighted by molar-refractivity contribution is 7.86. The van der Waals surface area contributed by atoms with Gasteiger partial charge in [0.05, 0.1) is 10.0 Å².